The quantitative estimate of drug-likeness (QED) is 0.225. The van der Waals surface area contributed by atoms with Crippen molar-refractivity contribution in [2.24, 2.45) is 0 Å². The van der Waals surface area contributed by atoms with Gasteiger partial charge in [0.05, 0.1) is 16.9 Å². The molecule has 4 aromatic rings. The number of nitrogens with zero attached hydrogens (tertiary/aromatic N) is 3. The monoisotopic (exact) mass is 600 g/mol. The molecule has 0 radical (unpaired) electrons. The average molecular weight is 602 g/mol. The van der Waals surface area contributed by atoms with Gasteiger partial charge in [0.2, 0.25) is 0 Å². The lowest BCUT2D eigenvalue weighted by Crippen LogP contribution is -2.42. The number of fused-ring (bicyclic) bond motifs is 1. The van der Waals surface area contributed by atoms with E-state index in [1.54, 1.807) is 27.7 Å². The van der Waals surface area contributed by atoms with E-state index in [-0.39, 0.29) is 11.6 Å². The highest BCUT2D eigenvalue weighted by Gasteiger charge is 2.28. The highest BCUT2D eigenvalue weighted by Crippen LogP contribution is 2.27. The third kappa shape index (κ3) is 6.17. The van der Waals surface area contributed by atoms with E-state index in [0.717, 1.165) is 10.0 Å². The second kappa shape index (κ2) is 12.1. The second-order valence-corrected chi connectivity index (χ2v) is 10.3. The molecular formula is C28H27BrCl2N4O2. The van der Waals surface area contributed by atoms with Crippen LogP contribution in [0, 0.1) is 0 Å². The number of carbonyl (C=O) groups excluding carboxylic acids is 1. The standard InChI is InChI=1S/C28H27BrCl2N4O2/c1-3-25(26-33-24-8-6-5-7-22(24)27(36)34(26)4-2)35(16-15-18-9-12-20(30)17-23(18)31)28(37)32-21-13-10-19(29)11-14-21/h5-14,17,25H,3-4,15-16H2,1-2H3,(H,32,37). The van der Waals surface area contributed by atoms with Crippen molar-refractivity contribution in [1.82, 2.24) is 14.5 Å². The summed E-state index contributed by atoms with van der Waals surface area (Å²) in [7, 11) is 0. The Bertz CT molecular complexity index is 1470. The molecule has 0 aliphatic heterocycles. The van der Waals surface area contributed by atoms with Crippen LogP contribution in [-0.4, -0.2) is 27.0 Å². The Morgan fingerprint density at radius 2 is 1.81 bits per heavy atom. The van der Waals surface area contributed by atoms with Gasteiger partial charge < -0.3 is 10.2 Å². The highest BCUT2D eigenvalue weighted by molar-refractivity contribution is 9.10. The molecule has 2 amide bonds. The highest BCUT2D eigenvalue weighted by atomic mass is 79.9. The summed E-state index contributed by atoms with van der Waals surface area (Å²) < 4.78 is 2.57. The number of para-hydroxylation sites is 1. The molecule has 0 aliphatic rings. The Hall–Kier alpha value is -2.87. The zero-order valence-corrected chi connectivity index (χ0v) is 23.6. The number of amides is 2. The van der Waals surface area contributed by atoms with Crippen LogP contribution in [0.3, 0.4) is 0 Å². The minimum Gasteiger partial charge on any atom is -0.314 e. The normalized spacial score (nSPS) is 11.9. The molecule has 3 aromatic carbocycles. The molecule has 1 N–H and O–H groups in total. The molecular weight excluding hydrogens is 575 g/mol. The fourth-order valence-corrected chi connectivity index (χ4v) is 5.15. The van der Waals surface area contributed by atoms with Gasteiger partial charge in [-0.05, 0) is 73.9 Å². The van der Waals surface area contributed by atoms with Crippen LogP contribution in [0.5, 0.6) is 0 Å². The van der Waals surface area contributed by atoms with E-state index in [0.29, 0.717) is 58.4 Å². The number of halogens is 3. The maximum absolute atomic E-state index is 13.7. The first kappa shape index (κ1) is 27.2. The lowest BCUT2D eigenvalue weighted by Gasteiger charge is -2.32. The molecule has 1 unspecified atom stereocenters. The van der Waals surface area contributed by atoms with Crippen molar-refractivity contribution in [1.29, 1.82) is 0 Å². The van der Waals surface area contributed by atoms with Crippen LogP contribution in [0.2, 0.25) is 10.0 Å². The van der Waals surface area contributed by atoms with Gasteiger partial charge in [0.15, 0.2) is 0 Å². The fourth-order valence-electron chi connectivity index (χ4n) is 4.38. The summed E-state index contributed by atoms with van der Waals surface area (Å²) in [5, 5.41) is 4.65. The average Bonchev–Trinajstić information content (AvgIpc) is 2.89. The van der Waals surface area contributed by atoms with E-state index >= 15 is 0 Å². The van der Waals surface area contributed by atoms with Gasteiger partial charge in [-0.15, -0.1) is 0 Å². The van der Waals surface area contributed by atoms with Gasteiger partial charge in [-0.2, -0.15) is 0 Å². The fraction of sp³-hybridized carbons (Fsp3) is 0.250. The molecule has 37 heavy (non-hydrogen) atoms. The molecule has 0 fully saturated rings. The molecule has 192 valence electrons. The number of hydrogen-bond donors (Lipinski definition) is 1. The van der Waals surface area contributed by atoms with Crippen molar-refractivity contribution in [2.75, 3.05) is 11.9 Å². The zero-order valence-electron chi connectivity index (χ0n) is 20.5. The minimum absolute atomic E-state index is 0.115. The molecule has 1 heterocycles. The molecule has 4 rings (SSSR count). The van der Waals surface area contributed by atoms with Gasteiger partial charge in [-0.1, -0.05) is 64.3 Å². The van der Waals surface area contributed by atoms with Crippen molar-refractivity contribution in [3.8, 4) is 0 Å². The Morgan fingerprint density at radius 3 is 2.49 bits per heavy atom. The molecule has 0 aliphatic carbocycles. The zero-order chi connectivity index (χ0) is 26.5. The van der Waals surface area contributed by atoms with E-state index < -0.39 is 6.04 Å². The van der Waals surface area contributed by atoms with E-state index in [9.17, 15) is 9.59 Å². The third-order valence-electron chi connectivity index (χ3n) is 6.26. The summed E-state index contributed by atoms with van der Waals surface area (Å²) in [4.78, 5) is 33.7. The van der Waals surface area contributed by atoms with Gasteiger partial charge in [-0.3, -0.25) is 9.36 Å². The van der Waals surface area contributed by atoms with Crippen molar-refractivity contribution in [3.63, 3.8) is 0 Å². The van der Waals surface area contributed by atoms with Gasteiger partial charge in [0, 0.05) is 33.3 Å². The Labute approximate surface area is 234 Å². The topological polar surface area (TPSA) is 67.2 Å². The number of rotatable bonds is 8. The SMILES string of the molecule is CCC(c1nc2ccccc2c(=O)n1CC)N(CCc1ccc(Cl)cc1Cl)C(=O)Nc1ccc(Br)cc1. The minimum atomic E-state index is -0.446. The maximum atomic E-state index is 13.7. The molecule has 0 saturated heterocycles. The summed E-state index contributed by atoms with van der Waals surface area (Å²) in [5.74, 6) is 0.557. The van der Waals surface area contributed by atoms with Crippen LogP contribution < -0.4 is 10.9 Å². The first-order chi connectivity index (χ1) is 17.8. The summed E-state index contributed by atoms with van der Waals surface area (Å²) >= 11 is 15.9. The third-order valence-corrected chi connectivity index (χ3v) is 7.38. The Balaban J connectivity index is 1.75. The molecule has 0 spiro atoms. The largest absolute Gasteiger partial charge is 0.322 e. The molecule has 1 atom stereocenters. The van der Waals surface area contributed by atoms with Crippen molar-refractivity contribution >= 4 is 61.8 Å². The number of hydrogen-bond acceptors (Lipinski definition) is 3. The molecule has 0 saturated carbocycles. The number of aromatic nitrogens is 2. The van der Waals surface area contributed by atoms with Crippen molar-refractivity contribution in [3.05, 3.63) is 103 Å². The summed E-state index contributed by atoms with van der Waals surface area (Å²) in [6.07, 6.45) is 1.07. The predicted molar refractivity (Wildman–Crippen MR) is 155 cm³/mol. The van der Waals surface area contributed by atoms with Crippen LogP contribution in [0.25, 0.3) is 10.9 Å². The lowest BCUT2D eigenvalue weighted by molar-refractivity contribution is 0.181. The predicted octanol–water partition coefficient (Wildman–Crippen LogP) is 7.71. The number of benzene rings is 3. The van der Waals surface area contributed by atoms with E-state index in [1.807, 2.05) is 62.4 Å². The molecule has 1 aromatic heterocycles. The van der Waals surface area contributed by atoms with E-state index in [4.69, 9.17) is 28.2 Å². The van der Waals surface area contributed by atoms with E-state index in [1.165, 1.54) is 0 Å². The van der Waals surface area contributed by atoms with Gasteiger partial charge in [-0.25, -0.2) is 9.78 Å². The number of nitrogens with one attached hydrogen (secondary N) is 1. The Morgan fingerprint density at radius 1 is 1.08 bits per heavy atom. The molecule has 0 bridgehead atoms. The van der Waals surface area contributed by atoms with Gasteiger partial charge in [0.25, 0.3) is 5.56 Å². The molecule has 6 nitrogen and oxygen atoms in total. The first-order valence-electron chi connectivity index (χ1n) is 12.1. The van der Waals surface area contributed by atoms with Gasteiger partial charge >= 0.3 is 6.03 Å². The summed E-state index contributed by atoms with van der Waals surface area (Å²) in [6.45, 7) is 4.69. The van der Waals surface area contributed by atoms with Gasteiger partial charge in [0.1, 0.15) is 5.82 Å². The van der Waals surface area contributed by atoms with Crippen LogP contribution in [0.4, 0.5) is 10.5 Å². The number of urea groups is 1. The maximum Gasteiger partial charge on any atom is 0.322 e. The Kier molecular flexibility index (Phi) is 8.90. The first-order valence-corrected chi connectivity index (χ1v) is 13.6. The van der Waals surface area contributed by atoms with Crippen LogP contribution in [-0.2, 0) is 13.0 Å². The summed E-state index contributed by atoms with van der Waals surface area (Å²) in [5.41, 5.74) is 2.04. The lowest BCUT2D eigenvalue weighted by atomic mass is 10.1. The van der Waals surface area contributed by atoms with Crippen LogP contribution in [0.15, 0.2) is 76.0 Å². The molecule has 9 heteroatoms. The smallest absolute Gasteiger partial charge is 0.314 e. The van der Waals surface area contributed by atoms with E-state index in [2.05, 4.69) is 21.2 Å². The number of anilines is 1. The van der Waals surface area contributed by atoms with Crippen molar-refractivity contribution in [2.45, 2.75) is 39.3 Å². The second-order valence-electron chi connectivity index (χ2n) is 8.58. The van der Waals surface area contributed by atoms with Crippen LogP contribution >= 0.6 is 39.1 Å². The summed E-state index contributed by atoms with van der Waals surface area (Å²) in [6, 6.07) is 19.3. The number of carbonyl (C=O) groups is 1. The van der Waals surface area contributed by atoms with Crippen molar-refractivity contribution < 1.29 is 4.79 Å². The van der Waals surface area contributed by atoms with Crippen LogP contribution in [0.1, 0.15) is 37.7 Å².